The standard InChI is InChI=1S/C18H15BN2O3/c22-18(8-12-1-2-15-11-24-19(23)17(15)7-12)21-16-4-3-14-10-20-6-5-13(14)9-16/h1-7,9-10,23H,8,11H2,(H,21,22). The number of anilines is 1. The molecule has 0 atom stereocenters. The Bertz CT molecular complexity index is 929. The molecule has 6 heteroatoms. The van der Waals surface area contributed by atoms with E-state index in [-0.39, 0.29) is 12.3 Å². The van der Waals surface area contributed by atoms with E-state index in [9.17, 15) is 9.82 Å². The van der Waals surface area contributed by atoms with Gasteiger partial charge < -0.3 is 15.0 Å². The Kier molecular flexibility index (Phi) is 3.76. The SMILES string of the molecule is O=C(Cc1ccc2c(c1)B(O)OC2)Nc1ccc2cnccc2c1. The molecule has 0 spiro atoms. The maximum Gasteiger partial charge on any atom is 0.491 e. The van der Waals surface area contributed by atoms with Gasteiger partial charge in [-0.05, 0) is 40.2 Å². The van der Waals surface area contributed by atoms with Crippen LogP contribution in [0.3, 0.4) is 0 Å². The number of fused-ring (bicyclic) bond motifs is 2. The third-order valence-corrected chi connectivity index (χ3v) is 4.16. The summed E-state index contributed by atoms with van der Waals surface area (Å²) in [6.07, 6.45) is 3.76. The number of aromatic nitrogens is 1. The number of carbonyl (C=O) groups excluding carboxylic acids is 1. The summed E-state index contributed by atoms with van der Waals surface area (Å²) >= 11 is 0. The van der Waals surface area contributed by atoms with E-state index in [0.29, 0.717) is 6.61 Å². The molecule has 1 amide bonds. The molecule has 0 radical (unpaired) electrons. The fourth-order valence-corrected chi connectivity index (χ4v) is 2.93. The number of carbonyl (C=O) groups is 1. The third kappa shape index (κ3) is 2.89. The van der Waals surface area contributed by atoms with Gasteiger partial charge in [0.25, 0.3) is 0 Å². The number of nitrogens with one attached hydrogen (secondary N) is 1. The monoisotopic (exact) mass is 318 g/mol. The van der Waals surface area contributed by atoms with Crippen LogP contribution in [-0.4, -0.2) is 23.0 Å². The van der Waals surface area contributed by atoms with Crippen LogP contribution in [0.5, 0.6) is 0 Å². The number of hydrogen-bond acceptors (Lipinski definition) is 4. The van der Waals surface area contributed by atoms with Gasteiger partial charge in [-0.1, -0.05) is 24.3 Å². The van der Waals surface area contributed by atoms with Crippen LogP contribution in [-0.2, 0) is 22.5 Å². The molecule has 5 nitrogen and oxygen atoms in total. The first kappa shape index (κ1) is 14.9. The molecular weight excluding hydrogens is 303 g/mol. The van der Waals surface area contributed by atoms with Crippen LogP contribution in [0.2, 0.25) is 0 Å². The van der Waals surface area contributed by atoms with E-state index >= 15 is 0 Å². The maximum atomic E-state index is 12.3. The summed E-state index contributed by atoms with van der Waals surface area (Å²) in [6, 6.07) is 13.3. The number of hydrogen-bond donors (Lipinski definition) is 2. The highest BCUT2D eigenvalue weighted by Crippen LogP contribution is 2.18. The number of pyridine rings is 1. The van der Waals surface area contributed by atoms with Crippen molar-refractivity contribution in [3.63, 3.8) is 0 Å². The molecule has 0 saturated carbocycles. The van der Waals surface area contributed by atoms with Crippen LogP contribution in [0, 0.1) is 0 Å². The summed E-state index contributed by atoms with van der Waals surface area (Å²) in [5.41, 5.74) is 3.32. The largest absolute Gasteiger partial charge is 0.491 e. The Labute approximate surface area is 139 Å². The van der Waals surface area contributed by atoms with Crippen LogP contribution >= 0.6 is 0 Å². The van der Waals surface area contributed by atoms with Gasteiger partial charge >= 0.3 is 7.12 Å². The molecule has 0 unspecified atom stereocenters. The first-order valence-corrected chi connectivity index (χ1v) is 7.74. The van der Waals surface area contributed by atoms with Crippen molar-refractivity contribution in [1.29, 1.82) is 0 Å². The van der Waals surface area contributed by atoms with E-state index in [0.717, 1.165) is 33.0 Å². The van der Waals surface area contributed by atoms with E-state index < -0.39 is 7.12 Å². The third-order valence-electron chi connectivity index (χ3n) is 4.16. The number of amides is 1. The van der Waals surface area contributed by atoms with Gasteiger partial charge in [0.05, 0.1) is 13.0 Å². The molecule has 1 aliphatic heterocycles. The maximum absolute atomic E-state index is 12.3. The van der Waals surface area contributed by atoms with Crippen molar-refractivity contribution < 1.29 is 14.5 Å². The molecule has 2 heterocycles. The average Bonchev–Trinajstić information content (AvgIpc) is 2.95. The number of nitrogens with zero attached hydrogens (tertiary/aromatic N) is 1. The van der Waals surface area contributed by atoms with Gasteiger partial charge in [-0.2, -0.15) is 0 Å². The van der Waals surface area contributed by atoms with E-state index in [2.05, 4.69) is 10.3 Å². The molecule has 0 bridgehead atoms. The molecule has 3 aromatic rings. The molecule has 0 aliphatic carbocycles. The van der Waals surface area contributed by atoms with Crippen molar-refractivity contribution >= 4 is 34.9 Å². The van der Waals surface area contributed by atoms with Crippen molar-refractivity contribution in [2.45, 2.75) is 13.0 Å². The van der Waals surface area contributed by atoms with Crippen molar-refractivity contribution in [2.24, 2.45) is 0 Å². The molecule has 0 saturated heterocycles. The fourth-order valence-electron chi connectivity index (χ4n) is 2.93. The highest BCUT2D eigenvalue weighted by atomic mass is 16.5. The lowest BCUT2D eigenvalue weighted by atomic mass is 9.78. The molecule has 0 fully saturated rings. The second-order valence-electron chi connectivity index (χ2n) is 5.86. The Morgan fingerprint density at radius 3 is 3.04 bits per heavy atom. The topological polar surface area (TPSA) is 71.5 Å². The molecule has 1 aromatic heterocycles. The van der Waals surface area contributed by atoms with Crippen molar-refractivity contribution in [3.05, 3.63) is 66.0 Å². The Hall–Kier alpha value is -2.70. The molecule has 2 aromatic carbocycles. The predicted molar refractivity (Wildman–Crippen MR) is 92.9 cm³/mol. The Morgan fingerprint density at radius 2 is 2.12 bits per heavy atom. The van der Waals surface area contributed by atoms with Crippen LogP contribution in [0.15, 0.2) is 54.9 Å². The first-order valence-electron chi connectivity index (χ1n) is 7.74. The summed E-state index contributed by atoms with van der Waals surface area (Å²) in [6.45, 7) is 0.412. The summed E-state index contributed by atoms with van der Waals surface area (Å²) in [7, 11) is -0.892. The van der Waals surface area contributed by atoms with Crippen LogP contribution in [0.25, 0.3) is 10.8 Å². The molecule has 4 rings (SSSR count). The van der Waals surface area contributed by atoms with Gasteiger partial charge in [0.2, 0.25) is 5.91 Å². The number of benzene rings is 2. The Morgan fingerprint density at radius 1 is 1.21 bits per heavy atom. The van der Waals surface area contributed by atoms with Crippen LogP contribution in [0.4, 0.5) is 5.69 Å². The summed E-state index contributed by atoms with van der Waals surface area (Å²) in [5, 5.41) is 14.7. The quantitative estimate of drug-likeness (QED) is 0.720. The summed E-state index contributed by atoms with van der Waals surface area (Å²) in [5.74, 6) is -0.100. The lowest BCUT2D eigenvalue weighted by molar-refractivity contribution is -0.115. The highest BCUT2D eigenvalue weighted by Gasteiger charge is 2.27. The van der Waals surface area contributed by atoms with E-state index in [1.165, 1.54) is 0 Å². The Balaban J connectivity index is 1.49. The van der Waals surface area contributed by atoms with Gasteiger partial charge in [0, 0.05) is 23.5 Å². The first-order chi connectivity index (χ1) is 11.7. The van der Waals surface area contributed by atoms with Crippen molar-refractivity contribution in [3.8, 4) is 0 Å². The normalized spacial score (nSPS) is 13.1. The molecule has 2 N–H and O–H groups in total. The van der Waals surface area contributed by atoms with E-state index in [1.807, 2.05) is 42.5 Å². The van der Waals surface area contributed by atoms with Gasteiger partial charge in [-0.3, -0.25) is 9.78 Å². The zero-order valence-corrected chi connectivity index (χ0v) is 12.9. The molecule has 118 valence electrons. The number of rotatable bonds is 3. The lowest BCUT2D eigenvalue weighted by Crippen LogP contribution is -2.28. The van der Waals surface area contributed by atoms with E-state index in [4.69, 9.17) is 4.65 Å². The summed E-state index contributed by atoms with van der Waals surface area (Å²) in [4.78, 5) is 16.4. The minimum absolute atomic E-state index is 0.100. The second kappa shape index (κ2) is 6.07. The van der Waals surface area contributed by atoms with Crippen molar-refractivity contribution in [1.82, 2.24) is 4.98 Å². The van der Waals surface area contributed by atoms with Gasteiger partial charge in [-0.15, -0.1) is 0 Å². The molecule has 24 heavy (non-hydrogen) atoms. The zero-order valence-electron chi connectivity index (χ0n) is 12.9. The van der Waals surface area contributed by atoms with Gasteiger partial charge in [0.1, 0.15) is 0 Å². The lowest BCUT2D eigenvalue weighted by Gasteiger charge is -2.08. The minimum Gasteiger partial charge on any atom is -0.423 e. The van der Waals surface area contributed by atoms with Crippen molar-refractivity contribution in [2.75, 3.05) is 5.32 Å². The van der Waals surface area contributed by atoms with Gasteiger partial charge in [-0.25, -0.2) is 0 Å². The van der Waals surface area contributed by atoms with Crippen LogP contribution in [0.1, 0.15) is 11.1 Å². The van der Waals surface area contributed by atoms with E-state index in [1.54, 1.807) is 12.4 Å². The molecular formula is C18H15BN2O3. The molecule has 1 aliphatic rings. The second-order valence-corrected chi connectivity index (χ2v) is 5.86. The predicted octanol–water partition coefficient (Wildman–Crippen LogP) is 1.63. The smallest absolute Gasteiger partial charge is 0.423 e. The summed E-state index contributed by atoms with van der Waals surface area (Å²) < 4.78 is 5.17. The highest BCUT2D eigenvalue weighted by molar-refractivity contribution is 6.61. The average molecular weight is 318 g/mol. The minimum atomic E-state index is -0.892. The zero-order chi connectivity index (χ0) is 16.5. The van der Waals surface area contributed by atoms with Crippen LogP contribution < -0.4 is 10.8 Å². The van der Waals surface area contributed by atoms with Gasteiger partial charge in [0.15, 0.2) is 0 Å². The fraction of sp³-hybridized carbons (Fsp3) is 0.111.